The van der Waals surface area contributed by atoms with Crippen molar-refractivity contribution in [3.8, 4) is 33.9 Å². The minimum Gasteiger partial charge on any atom is -0.462 e. The standard InChI is InChI=1S/C26H22N2O7S/c1-2-32-26(30)24-19(16-6-4-3-5-7-16)14-36-25(24)27-23(29)13-31-12-18-11-21(35-28-18)17-8-9-20-22(10-17)34-15-33-20/h3-11,14H,2,12-13,15H2,1H3,(H,27,29). The van der Waals surface area contributed by atoms with Crippen LogP contribution in [0.1, 0.15) is 23.0 Å². The first-order valence-electron chi connectivity index (χ1n) is 11.2. The molecule has 0 unspecified atom stereocenters. The number of thiophene rings is 1. The molecule has 1 aliphatic heterocycles. The zero-order chi connectivity index (χ0) is 24.9. The van der Waals surface area contributed by atoms with E-state index in [1.54, 1.807) is 19.1 Å². The van der Waals surface area contributed by atoms with Crippen LogP contribution in [0.25, 0.3) is 22.5 Å². The lowest BCUT2D eigenvalue weighted by Gasteiger charge is -2.09. The number of esters is 1. The number of nitrogens with zero attached hydrogens (tertiary/aromatic N) is 1. The van der Waals surface area contributed by atoms with Crippen molar-refractivity contribution in [3.63, 3.8) is 0 Å². The van der Waals surface area contributed by atoms with Gasteiger partial charge in [-0.2, -0.15) is 0 Å². The molecule has 1 N–H and O–H groups in total. The van der Waals surface area contributed by atoms with Crippen molar-refractivity contribution in [1.82, 2.24) is 5.16 Å². The number of amides is 1. The van der Waals surface area contributed by atoms with Gasteiger partial charge in [0, 0.05) is 22.6 Å². The average molecular weight is 507 g/mol. The molecule has 0 bridgehead atoms. The van der Waals surface area contributed by atoms with E-state index in [0.29, 0.717) is 39.1 Å². The molecule has 4 aromatic rings. The summed E-state index contributed by atoms with van der Waals surface area (Å²) in [5.41, 5.74) is 3.21. The highest BCUT2D eigenvalue weighted by Crippen LogP contribution is 2.37. The van der Waals surface area contributed by atoms with Crippen molar-refractivity contribution in [2.45, 2.75) is 13.5 Å². The highest BCUT2D eigenvalue weighted by atomic mass is 32.1. The molecule has 9 nitrogen and oxygen atoms in total. The number of benzene rings is 2. The molecular weight excluding hydrogens is 484 g/mol. The smallest absolute Gasteiger partial charge is 0.341 e. The van der Waals surface area contributed by atoms with E-state index in [4.69, 9.17) is 23.5 Å². The highest BCUT2D eigenvalue weighted by molar-refractivity contribution is 7.15. The summed E-state index contributed by atoms with van der Waals surface area (Å²) in [7, 11) is 0. The van der Waals surface area contributed by atoms with Crippen LogP contribution >= 0.6 is 11.3 Å². The summed E-state index contributed by atoms with van der Waals surface area (Å²) in [6.45, 7) is 2.00. The Morgan fingerprint density at radius 1 is 1.06 bits per heavy atom. The van der Waals surface area contributed by atoms with E-state index in [9.17, 15) is 9.59 Å². The number of carbonyl (C=O) groups is 2. The van der Waals surface area contributed by atoms with Gasteiger partial charge in [0.05, 0.1) is 13.2 Å². The Bertz CT molecular complexity index is 1380. The second-order valence-electron chi connectivity index (χ2n) is 7.73. The Labute approximate surface area is 210 Å². The third kappa shape index (κ3) is 5.09. The van der Waals surface area contributed by atoms with Crippen molar-refractivity contribution in [2.24, 2.45) is 0 Å². The van der Waals surface area contributed by atoms with E-state index in [0.717, 1.165) is 11.1 Å². The van der Waals surface area contributed by atoms with Crippen LogP contribution < -0.4 is 14.8 Å². The van der Waals surface area contributed by atoms with Gasteiger partial charge in [-0.1, -0.05) is 35.5 Å². The van der Waals surface area contributed by atoms with Gasteiger partial charge in [-0.25, -0.2) is 4.79 Å². The Morgan fingerprint density at radius 2 is 1.89 bits per heavy atom. The van der Waals surface area contributed by atoms with E-state index >= 15 is 0 Å². The van der Waals surface area contributed by atoms with Crippen molar-refractivity contribution in [1.29, 1.82) is 0 Å². The summed E-state index contributed by atoms with van der Waals surface area (Å²) in [4.78, 5) is 25.2. The summed E-state index contributed by atoms with van der Waals surface area (Å²) in [5.74, 6) is 0.974. The molecule has 0 saturated heterocycles. The van der Waals surface area contributed by atoms with Crippen molar-refractivity contribution in [2.75, 3.05) is 25.3 Å². The predicted octanol–water partition coefficient (Wildman–Crippen LogP) is 5.13. The Balaban J connectivity index is 1.20. The number of hydrogen-bond donors (Lipinski definition) is 1. The molecule has 2 aromatic carbocycles. The van der Waals surface area contributed by atoms with Gasteiger partial charge in [-0.15, -0.1) is 11.3 Å². The summed E-state index contributed by atoms with van der Waals surface area (Å²) < 4.78 is 26.9. The number of fused-ring (bicyclic) bond motifs is 1. The lowest BCUT2D eigenvalue weighted by Crippen LogP contribution is -2.19. The summed E-state index contributed by atoms with van der Waals surface area (Å²) in [5, 5.41) is 9.00. The minimum absolute atomic E-state index is 0.0753. The van der Waals surface area contributed by atoms with Crippen LogP contribution in [0.3, 0.4) is 0 Å². The van der Waals surface area contributed by atoms with Crippen LogP contribution in [0, 0.1) is 0 Å². The van der Waals surface area contributed by atoms with E-state index in [2.05, 4.69) is 10.5 Å². The molecule has 3 heterocycles. The molecule has 0 atom stereocenters. The van der Waals surface area contributed by atoms with E-state index in [1.807, 2.05) is 47.8 Å². The van der Waals surface area contributed by atoms with Gasteiger partial charge >= 0.3 is 5.97 Å². The normalized spacial score (nSPS) is 11.9. The first-order valence-corrected chi connectivity index (χ1v) is 12.1. The van der Waals surface area contributed by atoms with Crippen molar-refractivity contribution < 1.29 is 33.1 Å². The van der Waals surface area contributed by atoms with Crippen LogP contribution in [0.4, 0.5) is 5.00 Å². The highest BCUT2D eigenvalue weighted by Gasteiger charge is 2.23. The molecule has 0 spiro atoms. The fourth-order valence-corrected chi connectivity index (χ4v) is 4.64. The molecule has 184 valence electrons. The van der Waals surface area contributed by atoms with Crippen LogP contribution in [0.15, 0.2) is 64.5 Å². The van der Waals surface area contributed by atoms with Crippen LogP contribution in [-0.4, -0.2) is 37.0 Å². The molecule has 0 saturated carbocycles. The fraction of sp³-hybridized carbons (Fsp3) is 0.192. The average Bonchev–Trinajstić information content (AvgIpc) is 3.64. The van der Waals surface area contributed by atoms with Crippen molar-refractivity contribution in [3.05, 3.63) is 71.2 Å². The Morgan fingerprint density at radius 3 is 2.72 bits per heavy atom. The second-order valence-corrected chi connectivity index (χ2v) is 8.61. The van der Waals surface area contributed by atoms with Crippen LogP contribution in [-0.2, 0) is 20.9 Å². The second kappa shape index (κ2) is 10.6. The summed E-state index contributed by atoms with van der Waals surface area (Å²) in [6.07, 6.45) is 0. The number of ether oxygens (including phenoxy) is 4. The lowest BCUT2D eigenvalue weighted by molar-refractivity contribution is -0.121. The van der Waals surface area contributed by atoms with E-state index < -0.39 is 11.9 Å². The first kappa shape index (κ1) is 23.6. The molecule has 1 aliphatic rings. The molecule has 0 radical (unpaired) electrons. The topological polar surface area (TPSA) is 109 Å². The monoisotopic (exact) mass is 506 g/mol. The number of hydrogen-bond acceptors (Lipinski definition) is 9. The molecule has 10 heteroatoms. The fourth-order valence-electron chi connectivity index (χ4n) is 3.66. The molecule has 1 amide bonds. The van der Waals surface area contributed by atoms with Gasteiger partial charge in [0.25, 0.3) is 5.91 Å². The molecular formula is C26H22N2O7S. The quantitative estimate of drug-likeness (QED) is 0.311. The lowest BCUT2D eigenvalue weighted by atomic mass is 10.0. The maximum atomic E-state index is 12.7. The van der Waals surface area contributed by atoms with Gasteiger partial charge < -0.3 is 28.8 Å². The number of carbonyl (C=O) groups excluding carboxylic acids is 2. The van der Waals surface area contributed by atoms with Gasteiger partial charge in [0.1, 0.15) is 22.9 Å². The SMILES string of the molecule is CCOC(=O)c1c(-c2ccccc2)csc1NC(=O)COCc1cc(-c2ccc3c(c2)OCO3)on1. The number of nitrogens with one attached hydrogen (secondary N) is 1. The zero-order valence-electron chi connectivity index (χ0n) is 19.3. The van der Waals surface area contributed by atoms with E-state index in [-0.39, 0.29) is 26.6 Å². The molecule has 0 aliphatic carbocycles. The molecule has 5 rings (SSSR count). The first-order chi connectivity index (χ1) is 17.6. The number of anilines is 1. The van der Waals surface area contributed by atoms with Crippen LogP contribution in [0.2, 0.25) is 0 Å². The predicted molar refractivity (Wildman–Crippen MR) is 132 cm³/mol. The zero-order valence-corrected chi connectivity index (χ0v) is 20.1. The van der Waals surface area contributed by atoms with Gasteiger partial charge in [0.15, 0.2) is 17.3 Å². The van der Waals surface area contributed by atoms with Crippen molar-refractivity contribution >= 4 is 28.2 Å². The van der Waals surface area contributed by atoms with Crippen LogP contribution in [0.5, 0.6) is 11.5 Å². The summed E-state index contributed by atoms with van der Waals surface area (Å²) >= 11 is 1.26. The maximum absolute atomic E-state index is 12.7. The number of aromatic nitrogens is 1. The molecule has 2 aromatic heterocycles. The Hall–Kier alpha value is -4.15. The van der Waals surface area contributed by atoms with Gasteiger partial charge in [-0.3, -0.25) is 4.79 Å². The Kier molecular flexibility index (Phi) is 6.96. The third-order valence-corrected chi connectivity index (χ3v) is 6.20. The third-order valence-electron chi connectivity index (χ3n) is 5.31. The largest absolute Gasteiger partial charge is 0.462 e. The number of rotatable bonds is 9. The minimum atomic E-state index is -0.493. The molecule has 0 fully saturated rings. The van der Waals surface area contributed by atoms with Gasteiger partial charge in [0.2, 0.25) is 6.79 Å². The van der Waals surface area contributed by atoms with Gasteiger partial charge in [-0.05, 0) is 30.7 Å². The summed E-state index contributed by atoms with van der Waals surface area (Å²) in [6, 6.07) is 16.7. The van der Waals surface area contributed by atoms with E-state index in [1.165, 1.54) is 11.3 Å². The molecule has 36 heavy (non-hydrogen) atoms. The maximum Gasteiger partial charge on any atom is 0.341 e.